The van der Waals surface area contributed by atoms with Crippen molar-refractivity contribution in [2.45, 2.75) is 0 Å². The van der Waals surface area contributed by atoms with Crippen LogP contribution in [0.3, 0.4) is 0 Å². The van der Waals surface area contributed by atoms with E-state index in [1.165, 1.54) is 24.5 Å². The van der Waals surface area contributed by atoms with E-state index in [2.05, 4.69) is 0 Å². The third kappa shape index (κ3) is 3.19. The highest BCUT2D eigenvalue weighted by atomic mass is 32.2. The largest absolute Gasteiger partial charge is 0.463 e. The normalized spacial score (nSPS) is 11.5. The number of hydrogen-bond donors (Lipinski definition) is 1. The first-order valence-electron chi connectivity index (χ1n) is 6.64. The second-order valence-corrected chi connectivity index (χ2v) is 6.62. The van der Waals surface area contributed by atoms with Crippen LogP contribution in [-0.4, -0.2) is 14.7 Å². The van der Waals surface area contributed by atoms with E-state index in [0.717, 1.165) is 6.26 Å². The van der Waals surface area contributed by atoms with Gasteiger partial charge in [0.15, 0.2) is 5.43 Å². The summed E-state index contributed by atoms with van der Waals surface area (Å²) in [7, 11) is -3.64. The van der Waals surface area contributed by atoms with E-state index >= 15 is 0 Å². The van der Waals surface area contributed by atoms with Crippen LogP contribution in [0.1, 0.15) is 0 Å². The summed E-state index contributed by atoms with van der Waals surface area (Å²) in [6.07, 6.45) is 2.28. The maximum absolute atomic E-state index is 12.6. The van der Waals surface area contributed by atoms with Crippen molar-refractivity contribution in [2.24, 2.45) is 0 Å². The molecule has 1 aromatic heterocycles. The van der Waals surface area contributed by atoms with Crippen LogP contribution in [0, 0.1) is 0 Å². The van der Waals surface area contributed by atoms with Gasteiger partial charge in [0.1, 0.15) is 17.6 Å². The van der Waals surface area contributed by atoms with Gasteiger partial charge in [0.25, 0.3) is 0 Å². The molecule has 2 N–H and O–H groups in total. The predicted octanol–water partition coefficient (Wildman–Crippen LogP) is 2.38. The summed E-state index contributed by atoms with van der Waals surface area (Å²) in [5, 5.41) is 0.333. The van der Waals surface area contributed by atoms with Crippen molar-refractivity contribution in [3.05, 3.63) is 59.0 Å². The average molecular weight is 331 g/mol. The number of benzene rings is 2. The molecule has 0 fully saturated rings. The molecule has 0 saturated carbocycles. The number of nitrogens with two attached hydrogens (primary N) is 1. The third-order valence-corrected chi connectivity index (χ3v) is 3.71. The molecule has 3 rings (SSSR count). The molecule has 0 aliphatic rings. The Bertz CT molecular complexity index is 1040. The molecule has 0 aliphatic heterocycles. The molecule has 0 unspecified atom stereocenters. The summed E-state index contributed by atoms with van der Waals surface area (Å²) in [4.78, 5) is 12.6. The maximum atomic E-state index is 12.6. The lowest BCUT2D eigenvalue weighted by Crippen LogP contribution is -2.07. The zero-order chi connectivity index (χ0) is 16.6. The van der Waals surface area contributed by atoms with Gasteiger partial charge in [-0.05, 0) is 29.8 Å². The molecule has 23 heavy (non-hydrogen) atoms. The number of hydrogen-bond acceptors (Lipinski definition) is 6. The lowest BCUT2D eigenvalue weighted by Gasteiger charge is -2.06. The maximum Gasteiger partial charge on any atom is 0.306 e. The second kappa shape index (κ2) is 5.44. The van der Waals surface area contributed by atoms with Gasteiger partial charge < -0.3 is 14.3 Å². The van der Waals surface area contributed by atoms with E-state index in [0.29, 0.717) is 22.2 Å². The van der Waals surface area contributed by atoms with Crippen LogP contribution in [0.15, 0.2) is 57.9 Å². The molecule has 118 valence electrons. The van der Waals surface area contributed by atoms with E-state index < -0.39 is 10.1 Å². The highest BCUT2D eigenvalue weighted by Crippen LogP contribution is 2.24. The number of anilines is 1. The first kappa shape index (κ1) is 15.1. The van der Waals surface area contributed by atoms with E-state index in [4.69, 9.17) is 14.3 Å². The number of fused-ring (bicyclic) bond motifs is 1. The van der Waals surface area contributed by atoms with Gasteiger partial charge in [-0.15, -0.1) is 0 Å². The van der Waals surface area contributed by atoms with Crippen LogP contribution in [0.2, 0.25) is 0 Å². The molecule has 0 saturated heterocycles. The lowest BCUT2D eigenvalue weighted by molar-refractivity contribution is 0.492. The lowest BCUT2D eigenvalue weighted by atomic mass is 10.1. The Kier molecular flexibility index (Phi) is 3.57. The van der Waals surface area contributed by atoms with Crippen LogP contribution < -0.4 is 15.3 Å². The summed E-state index contributed by atoms with van der Waals surface area (Å²) in [5.74, 6) is 0.0865. The minimum atomic E-state index is -3.64. The fraction of sp³-hybridized carbons (Fsp3) is 0.0625. The molecule has 0 radical (unpaired) electrons. The van der Waals surface area contributed by atoms with Crippen LogP contribution in [0.4, 0.5) is 5.69 Å². The van der Waals surface area contributed by atoms with Crippen molar-refractivity contribution < 1.29 is 17.0 Å². The minimum absolute atomic E-state index is 0.0865. The van der Waals surface area contributed by atoms with Gasteiger partial charge in [0, 0.05) is 11.8 Å². The van der Waals surface area contributed by atoms with E-state index in [1.807, 2.05) is 0 Å². The van der Waals surface area contributed by atoms with Crippen molar-refractivity contribution >= 4 is 26.8 Å². The van der Waals surface area contributed by atoms with Gasteiger partial charge in [0.05, 0.1) is 17.2 Å². The fourth-order valence-corrected chi connectivity index (χ4v) is 2.65. The zero-order valence-corrected chi connectivity index (χ0v) is 13.0. The molecule has 0 amide bonds. The van der Waals surface area contributed by atoms with Gasteiger partial charge in [-0.1, -0.05) is 12.1 Å². The zero-order valence-electron chi connectivity index (χ0n) is 12.1. The molecule has 2 aromatic carbocycles. The quantitative estimate of drug-likeness (QED) is 0.584. The summed E-state index contributed by atoms with van der Waals surface area (Å²) in [6.45, 7) is 0. The van der Waals surface area contributed by atoms with E-state index in [-0.39, 0.29) is 16.8 Å². The molecule has 0 spiro atoms. The van der Waals surface area contributed by atoms with Crippen molar-refractivity contribution in [3.8, 4) is 16.9 Å². The molecule has 0 bridgehead atoms. The Labute approximate surface area is 132 Å². The minimum Gasteiger partial charge on any atom is -0.463 e. The van der Waals surface area contributed by atoms with Crippen molar-refractivity contribution in [1.82, 2.24) is 0 Å². The van der Waals surface area contributed by atoms with Gasteiger partial charge >= 0.3 is 10.1 Å². The molecule has 6 nitrogen and oxygen atoms in total. The average Bonchev–Trinajstić information content (AvgIpc) is 2.47. The van der Waals surface area contributed by atoms with Gasteiger partial charge in [0.2, 0.25) is 0 Å². The van der Waals surface area contributed by atoms with Crippen LogP contribution in [0.5, 0.6) is 5.75 Å². The summed E-state index contributed by atoms with van der Waals surface area (Å²) in [6, 6.07) is 11.1. The monoisotopic (exact) mass is 331 g/mol. The Morgan fingerprint density at radius 2 is 1.78 bits per heavy atom. The first-order chi connectivity index (χ1) is 10.8. The highest BCUT2D eigenvalue weighted by molar-refractivity contribution is 7.86. The van der Waals surface area contributed by atoms with Gasteiger partial charge in [-0.3, -0.25) is 4.79 Å². The number of nitrogen functional groups attached to an aromatic ring is 1. The van der Waals surface area contributed by atoms with E-state index in [1.54, 1.807) is 24.3 Å². The standard InChI is InChI=1S/C16H13NO5S/c1-23(19,20)22-12-6-7-13-15(8-12)21-9-14(16(13)18)10-2-4-11(17)5-3-10/h2-9H,17H2,1H3. The SMILES string of the molecule is CS(=O)(=O)Oc1ccc2c(=O)c(-c3ccc(N)cc3)coc2c1. The van der Waals surface area contributed by atoms with Gasteiger partial charge in [-0.25, -0.2) is 0 Å². The smallest absolute Gasteiger partial charge is 0.306 e. The molecule has 0 aliphatic carbocycles. The summed E-state index contributed by atoms with van der Waals surface area (Å²) < 4.78 is 32.5. The Balaban J connectivity index is 2.11. The third-order valence-electron chi connectivity index (χ3n) is 3.22. The molecule has 7 heteroatoms. The van der Waals surface area contributed by atoms with Crippen LogP contribution in [-0.2, 0) is 10.1 Å². The summed E-state index contributed by atoms with van der Waals surface area (Å²) in [5.41, 5.74) is 7.34. The molecule has 3 aromatic rings. The van der Waals surface area contributed by atoms with Crippen molar-refractivity contribution in [3.63, 3.8) is 0 Å². The Morgan fingerprint density at radius 3 is 2.43 bits per heavy atom. The Morgan fingerprint density at radius 1 is 1.09 bits per heavy atom. The topological polar surface area (TPSA) is 99.6 Å². The highest BCUT2D eigenvalue weighted by Gasteiger charge is 2.11. The van der Waals surface area contributed by atoms with Crippen molar-refractivity contribution in [1.29, 1.82) is 0 Å². The van der Waals surface area contributed by atoms with Gasteiger partial charge in [-0.2, -0.15) is 8.42 Å². The van der Waals surface area contributed by atoms with Crippen molar-refractivity contribution in [2.75, 3.05) is 12.0 Å². The Hall–Kier alpha value is -2.80. The van der Waals surface area contributed by atoms with Crippen LogP contribution in [0.25, 0.3) is 22.1 Å². The van der Waals surface area contributed by atoms with E-state index in [9.17, 15) is 13.2 Å². The molecular formula is C16H13NO5S. The summed E-state index contributed by atoms with van der Waals surface area (Å²) >= 11 is 0. The first-order valence-corrected chi connectivity index (χ1v) is 8.46. The van der Waals surface area contributed by atoms with Crippen LogP contribution >= 0.6 is 0 Å². The number of rotatable bonds is 3. The molecule has 1 heterocycles. The predicted molar refractivity (Wildman–Crippen MR) is 87.8 cm³/mol. The molecule has 0 atom stereocenters. The second-order valence-electron chi connectivity index (χ2n) is 5.05. The fourth-order valence-electron chi connectivity index (χ4n) is 2.20. The molecular weight excluding hydrogens is 318 g/mol.